The molecule has 0 aromatic heterocycles. The van der Waals surface area contributed by atoms with Gasteiger partial charge in [0.1, 0.15) is 12.2 Å². The summed E-state index contributed by atoms with van der Waals surface area (Å²) in [6, 6.07) is 0. The van der Waals surface area contributed by atoms with Gasteiger partial charge in [0.15, 0.2) is 0 Å². The number of esters is 1. The molecule has 0 aromatic rings. The minimum atomic E-state index is -0.387. The first-order chi connectivity index (χ1) is 7.24. The Bertz CT molecular complexity index is 251. The summed E-state index contributed by atoms with van der Waals surface area (Å²) >= 11 is 0. The molecule has 0 aromatic carbocycles. The third kappa shape index (κ3) is 2.79. The third-order valence-corrected chi connectivity index (χ3v) is 2.83. The summed E-state index contributed by atoms with van der Waals surface area (Å²) in [4.78, 5) is 11.0. The summed E-state index contributed by atoms with van der Waals surface area (Å²) in [6.07, 6.45) is 4.27. The molecule has 2 saturated heterocycles. The van der Waals surface area contributed by atoms with Crippen molar-refractivity contribution < 1.29 is 19.0 Å². The molecule has 84 valence electrons. The molecule has 2 aliphatic rings. The Morgan fingerprint density at radius 1 is 1.67 bits per heavy atom. The van der Waals surface area contributed by atoms with Crippen molar-refractivity contribution in [2.75, 3.05) is 19.8 Å². The normalized spacial score (nSPS) is 33.7. The van der Waals surface area contributed by atoms with Gasteiger partial charge >= 0.3 is 5.97 Å². The zero-order valence-corrected chi connectivity index (χ0v) is 8.74. The van der Waals surface area contributed by atoms with Crippen molar-refractivity contribution in [3.8, 4) is 0 Å². The van der Waals surface area contributed by atoms with Crippen LogP contribution in [0.25, 0.3) is 0 Å². The van der Waals surface area contributed by atoms with Crippen LogP contribution in [0.2, 0.25) is 0 Å². The smallest absolute Gasteiger partial charge is 0.330 e. The molecule has 15 heavy (non-hydrogen) atoms. The molecule has 0 saturated carbocycles. The number of ether oxygens (including phenoxy) is 3. The Labute approximate surface area is 89.2 Å². The minimum absolute atomic E-state index is 0.297. The molecular formula is C11H16O4. The average molecular weight is 212 g/mol. The first kappa shape index (κ1) is 10.6. The fraction of sp³-hybridized carbons (Fsp3) is 0.727. The van der Waals surface area contributed by atoms with Crippen molar-refractivity contribution in [2.24, 2.45) is 0 Å². The summed E-state index contributed by atoms with van der Waals surface area (Å²) in [5, 5.41) is 0. The molecule has 0 spiro atoms. The standard InChI is InChI=1S/C11H16O4/c1-2-10(12)14-8-11(4-3-5-15-11)6-9-7-13-9/h2,9H,1,3-8H2. The Morgan fingerprint density at radius 3 is 3.00 bits per heavy atom. The van der Waals surface area contributed by atoms with E-state index < -0.39 is 0 Å². The van der Waals surface area contributed by atoms with Crippen LogP contribution in [-0.4, -0.2) is 37.5 Å². The fourth-order valence-electron chi connectivity index (χ4n) is 1.95. The molecule has 0 radical (unpaired) electrons. The Hall–Kier alpha value is -0.870. The number of carbonyl (C=O) groups excluding carboxylic acids is 1. The van der Waals surface area contributed by atoms with Crippen LogP contribution in [0.4, 0.5) is 0 Å². The summed E-state index contributed by atoms with van der Waals surface area (Å²) in [5.74, 6) is -0.387. The van der Waals surface area contributed by atoms with Crippen LogP contribution in [0.15, 0.2) is 12.7 Å². The second-order valence-corrected chi connectivity index (χ2v) is 4.11. The van der Waals surface area contributed by atoms with E-state index in [9.17, 15) is 4.79 Å². The Morgan fingerprint density at radius 2 is 2.47 bits per heavy atom. The van der Waals surface area contributed by atoms with Crippen LogP contribution >= 0.6 is 0 Å². The van der Waals surface area contributed by atoms with E-state index >= 15 is 0 Å². The van der Waals surface area contributed by atoms with Gasteiger partial charge in [-0.3, -0.25) is 0 Å². The molecule has 4 nitrogen and oxygen atoms in total. The lowest BCUT2D eigenvalue weighted by atomic mass is 9.95. The van der Waals surface area contributed by atoms with Crippen LogP contribution in [0, 0.1) is 0 Å². The zero-order valence-electron chi connectivity index (χ0n) is 8.74. The highest BCUT2D eigenvalue weighted by molar-refractivity contribution is 5.81. The average Bonchev–Trinajstić information content (AvgIpc) is 2.92. The molecule has 0 bridgehead atoms. The Kier molecular flexibility index (Phi) is 3.07. The third-order valence-electron chi connectivity index (χ3n) is 2.83. The van der Waals surface area contributed by atoms with Crippen LogP contribution < -0.4 is 0 Å². The summed E-state index contributed by atoms with van der Waals surface area (Å²) in [5.41, 5.74) is -0.306. The van der Waals surface area contributed by atoms with E-state index in [0.717, 1.165) is 32.5 Å². The van der Waals surface area contributed by atoms with Crippen LogP contribution in [0.3, 0.4) is 0 Å². The predicted octanol–water partition coefficient (Wildman–Crippen LogP) is 1.05. The van der Waals surface area contributed by atoms with Gasteiger partial charge in [-0.2, -0.15) is 0 Å². The molecule has 0 N–H and O–H groups in total. The molecule has 0 amide bonds. The monoisotopic (exact) mass is 212 g/mol. The van der Waals surface area contributed by atoms with E-state index in [1.165, 1.54) is 6.08 Å². The van der Waals surface area contributed by atoms with Crippen LogP contribution in [0.5, 0.6) is 0 Å². The number of hydrogen-bond donors (Lipinski definition) is 0. The van der Waals surface area contributed by atoms with Crippen molar-refractivity contribution in [1.29, 1.82) is 0 Å². The summed E-state index contributed by atoms with van der Waals surface area (Å²) in [6.45, 7) is 5.23. The lowest BCUT2D eigenvalue weighted by Crippen LogP contribution is -2.36. The first-order valence-corrected chi connectivity index (χ1v) is 5.29. The quantitative estimate of drug-likeness (QED) is 0.388. The van der Waals surface area contributed by atoms with Gasteiger partial charge in [-0.25, -0.2) is 4.79 Å². The number of rotatable bonds is 5. The molecule has 2 heterocycles. The van der Waals surface area contributed by atoms with E-state index in [1.54, 1.807) is 0 Å². The SMILES string of the molecule is C=CC(=O)OCC1(CC2CO2)CCCO1. The minimum Gasteiger partial charge on any atom is -0.459 e. The van der Waals surface area contributed by atoms with Crippen molar-refractivity contribution >= 4 is 5.97 Å². The fourth-order valence-corrected chi connectivity index (χ4v) is 1.95. The van der Waals surface area contributed by atoms with E-state index in [4.69, 9.17) is 14.2 Å². The predicted molar refractivity (Wildman–Crippen MR) is 53.4 cm³/mol. The van der Waals surface area contributed by atoms with Gasteiger partial charge in [-0.15, -0.1) is 0 Å². The topological polar surface area (TPSA) is 48.1 Å². The molecule has 4 heteroatoms. The van der Waals surface area contributed by atoms with Crippen molar-refractivity contribution in [2.45, 2.75) is 31.0 Å². The summed E-state index contributed by atoms with van der Waals surface area (Å²) < 4.78 is 16.0. The molecular weight excluding hydrogens is 196 g/mol. The second kappa shape index (κ2) is 4.33. The maximum absolute atomic E-state index is 11.0. The number of carbonyl (C=O) groups is 1. The van der Waals surface area contributed by atoms with E-state index in [-0.39, 0.29) is 11.6 Å². The largest absolute Gasteiger partial charge is 0.459 e. The highest BCUT2D eigenvalue weighted by Gasteiger charge is 2.42. The highest BCUT2D eigenvalue weighted by atomic mass is 16.6. The van der Waals surface area contributed by atoms with Gasteiger partial charge < -0.3 is 14.2 Å². The van der Waals surface area contributed by atoms with Gasteiger partial charge in [-0.1, -0.05) is 6.58 Å². The molecule has 2 unspecified atom stereocenters. The van der Waals surface area contributed by atoms with Crippen molar-refractivity contribution in [3.63, 3.8) is 0 Å². The van der Waals surface area contributed by atoms with E-state index in [0.29, 0.717) is 12.7 Å². The van der Waals surface area contributed by atoms with E-state index in [2.05, 4.69) is 6.58 Å². The maximum Gasteiger partial charge on any atom is 0.330 e. The van der Waals surface area contributed by atoms with Crippen LogP contribution in [-0.2, 0) is 19.0 Å². The van der Waals surface area contributed by atoms with Crippen molar-refractivity contribution in [1.82, 2.24) is 0 Å². The molecule has 0 aliphatic carbocycles. The van der Waals surface area contributed by atoms with E-state index in [1.807, 2.05) is 0 Å². The Balaban J connectivity index is 1.86. The van der Waals surface area contributed by atoms with Gasteiger partial charge in [0.25, 0.3) is 0 Å². The number of hydrogen-bond acceptors (Lipinski definition) is 4. The lowest BCUT2D eigenvalue weighted by molar-refractivity contribution is -0.147. The van der Waals surface area contributed by atoms with Gasteiger partial charge in [0.2, 0.25) is 0 Å². The maximum atomic E-state index is 11.0. The lowest BCUT2D eigenvalue weighted by Gasteiger charge is -2.26. The van der Waals surface area contributed by atoms with Gasteiger partial charge in [0, 0.05) is 19.1 Å². The molecule has 2 aliphatic heterocycles. The second-order valence-electron chi connectivity index (χ2n) is 4.11. The first-order valence-electron chi connectivity index (χ1n) is 5.29. The van der Waals surface area contributed by atoms with Gasteiger partial charge in [0.05, 0.1) is 12.7 Å². The highest BCUT2D eigenvalue weighted by Crippen LogP contribution is 2.34. The van der Waals surface area contributed by atoms with Gasteiger partial charge in [-0.05, 0) is 12.8 Å². The summed E-state index contributed by atoms with van der Waals surface area (Å²) in [7, 11) is 0. The zero-order chi connectivity index (χ0) is 10.7. The van der Waals surface area contributed by atoms with Crippen molar-refractivity contribution in [3.05, 3.63) is 12.7 Å². The molecule has 2 atom stereocenters. The molecule has 2 fully saturated rings. The number of epoxide rings is 1. The molecule has 2 rings (SSSR count). The van der Waals surface area contributed by atoms with Crippen LogP contribution in [0.1, 0.15) is 19.3 Å².